The predicted octanol–water partition coefficient (Wildman–Crippen LogP) is 3.21. The molecule has 0 N–H and O–H groups in total. The first-order chi connectivity index (χ1) is 9.65. The van der Waals surface area contributed by atoms with Crippen molar-refractivity contribution in [1.29, 1.82) is 0 Å². The quantitative estimate of drug-likeness (QED) is 0.670. The highest BCUT2D eigenvalue weighted by molar-refractivity contribution is 6.17. The zero-order chi connectivity index (χ0) is 14.3. The first-order valence-electron chi connectivity index (χ1n) is 6.65. The topological polar surface area (TPSA) is 44.1 Å². The molecule has 2 heterocycles. The minimum atomic E-state index is -0.306. The summed E-state index contributed by atoms with van der Waals surface area (Å²) in [5.74, 6) is -0.306. The van der Waals surface area contributed by atoms with Gasteiger partial charge >= 0.3 is 5.97 Å². The van der Waals surface area contributed by atoms with Crippen LogP contribution in [0.4, 0.5) is 0 Å². The van der Waals surface area contributed by atoms with Crippen LogP contribution in [0.3, 0.4) is 0 Å². The van der Waals surface area contributed by atoms with Crippen LogP contribution in [0.5, 0.6) is 0 Å². The molecule has 0 atom stereocenters. The Bertz CT molecular complexity index is 818. The van der Waals surface area contributed by atoms with Crippen molar-refractivity contribution in [2.45, 2.75) is 13.8 Å². The lowest BCUT2D eigenvalue weighted by molar-refractivity contribution is 0.0527. The van der Waals surface area contributed by atoms with E-state index in [-0.39, 0.29) is 5.97 Å². The number of aromatic nitrogens is 2. The molecular formula is C16H16N2O2. The highest BCUT2D eigenvalue weighted by atomic mass is 16.5. The lowest BCUT2D eigenvalue weighted by Gasteiger charge is -2.07. The number of rotatable bonds is 2. The summed E-state index contributed by atoms with van der Waals surface area (Å²) >= 11 is 0. The molecule has 0 bridgehead atoms. The number of carbonyl (C=O) groups excluding carboxylic acids is 1. The van der Waals surface area contributed by atoms with Crippen molar-refractivity contribution < 1.29 is 9.53 Å². The summed E-state index contributed by atoms with van der Waals surface area (Å²) in [6, 6.07) is 8.04. The van der Waals surface area contributed by atoms with Crippen LogP contribution in [-0.2, 0) is 11.8 Å². The van der Waals surface area contributed by atoms with Crippen molar-refractivity contribution in [2.75, 3.05) is 6.61 Å². The summed E-state index contributed by atoms with van der Waals surface area (Å²) in [6.07, 6.45) is 1.81. The molecule has 20 heavy (non-hydrogen) atoms. The minimum Gasteiger partial charge on any atom is -0.462 e. The van der Waals surface area contributed by atoms with Crippen LogP contribution in [0.25, 0.3) is 21.8 Å². The van der Waals surface area contributed by atoms with Gasteiger partial charge < -0.3 is 9.30 Å². The highest BCUT2D eigenvalue weighted by Gasteiger charge is 2.20. The summed E-state index contributed by atoms with van der Waals surface area (Å²) in [4.78, 5) is 16.6. The van der Waals surface area contributed by atoms with E-state index in [9.17, 15) is 4.79 Å². The van der Waals surface area contributed by atoms with Gasteiger partial charge in [-0.05, 0) is 19.9 Å². The number of nitrogens with zero attached hydrogens (tertiary/aromatic N) is 2. The second kappa shape index (κ2) is 4.63. The van der Waals surface area contributed by atoms with E-state index in [2.05, 4.69) is 9.55 Å². The van der Waals surface area contributed by atoms with Crippen LogP contribution in [0.15, 0.2) is 30.5 Å². The first-order valence-corrected chi connectivity index (χ1v) is 6.65. The maximum absolute atomic E-state index is 12.3. The minimum absolute atomic E-state index is 0.306. The van der Waals surface area contributed by atoms with Gasteiger partial charge in [0.15, 0.2) is 0 Å². The Morgan fingerprint density at radius 2 is 2.05 bits per heavy atom. The Morgan fingerprint density at radius 1 is 1.30 bits per heavy atom. The second-order valence-electron chi connectivity index (χ2n) is 4.78. The summed E-state index contributed by atoms with van der Waals surface area (Å²) in [5.41, 5.74) is 3.30. The molecule has 102 valence electrons. The monoisotopic (exact) mass is 268 g/mol. The third-order valence-corrected chi connectivity index (χ3v) is 3.62. The van der Waals surface area contributed by atoms with E-state index < -0.39 is 0 Å². The molecule has 0 saturated carbocycles. The maximum atomic E-state index is 12.3. The molecule has 0 aliphatic carbocycles. The third kappa shape index (κ3) is 1.68. The van der Waals surface area contributed by atoms with Crippen LogP contribution >= 0.6 is 0 Å². The summed E-state index contributed by atoms with van der Waals surface area (Å²) in [7, 11) is 1.98. The number of pyridine rings is 1. The van der Waals surface area contributed by atoms with Crippen LogP contribution < -0.4 is 0 Å². The van der Waals surface area contributed by atoms with Crippen LogP contribution in [0, 0.1) is 6.92 Å². The van der Waals surface area contributed by atoms with E-state index in [1.165, 1.54) is 0 Å². The van der Waals surface area contributed by atoms with E-state index in [0.29, 0.717) is 17.9 Å². The van der Waals surface area contributed by atoms with E-state index in [1.54, 1.807) is 0 Å². The van der Waals surface area contributed by atoms with Gasteiger partial charge in [0.2, 0.25) is 0 Å². The van der Waals surface area contributed by atoms with Gasteiger partial charge in [-0.1, -0.05) is 18.2 Å². The number of fused-ring (bicyclic) bond motifs is 3. The Hall–Kier alpha value is -2.36. The first kappa shape index (κ1) is 12.7. The fraction of sp³-hybridized carbons (Fsp3) is 0.250. The molecule has 4 heteroatoms. The number of aryl methyl sites for hydroxylation is 2. The van der Waals surface area contributed by atoms with Gasteiger partial charge in [0, 0.05) is 23.3 Å². The van der Waals surface area contributed by atoms with E-state index in [4.69, 9.17) is 4.74 Å². The van der Waals surface area contributed by atoms with Gasteiger partial charge in [-0.2, -0.15) is 0 Å². The predicted molar refractivity (Wildman–Crippen MR) is 78.9 cm³/mol. The number of hydrogen-bond donors (Lipinski definition) is 0. The fourth-order valence-corrected chi connectivity index (χ4v) is 2.68. The SMILES string of the molecule is CCOC(=O)c1c(C)ncc2c1c1ccccc1n2C. The highest BCUT2D eigenvalue weighted by Crippen LogP contribution is 2.31. The normalized spacial score (nSPS) is 11.2. The molecule has 0 fully saturated rings. The average Bonchev–Trinajstić information content (AvgIpc) is 2.73. The second-order valence-corrected chi connectivity index (χ2v) is 4.78. The Morgan fingerprint density at radius 3 is 2.80 bits per heavy atom. The Kier molecular flexibility index (Phi) is 2.93. The molecule has 2 aromatic heterocycles. The molecular weight excluding hydrogens is 252 g/mol. The van der Waals surface area contributed by atoms with Gasteiger partial charge in [-0.3, -0.25) is 4.98 Å². The van der Waals surface area contributed by atoms with Crippen molar-refractivity contribution in [3.05, 3.63) is 41.7 Å². The van der Waals surface area contributed by atoms with E-state index >= 15 is 0 Å². The summed E-state index contributed by atoms with van der Waals surface area (Å²) in [5, 5.41) is 1.98. The zero-order valence-corrected chi connectivity index (χ0v) is 11.8. The smallest absolute Gasteiger partial charge is 0.340 e. The number of para-hydroxylation sites is 1. The fourth-order valence-electron chi connectivity index (χ4n) is 2.68. The lowest BCUT2D eigenvalue weighted by atomic mass is 10.1. The van der Waals surface area contributed by atoms with Crippen molar-refractivity contribution in [1.82, 2.24) is 9.55 Å². The molecule has 0 aliphatic heterocycles. The molecule has 4 nitrogen and oxygen atoms in total. The molecule has 0 saturated heterocycles. The maximum Gasteiger partial charge on any atom is 0.340 e. The van der Waals surface area contributed by atoms with Gasteiger partial charge in [0.1, 0.15) is 0 Å². The Balaban J connectivity index is 2.47. The van der Waals surface area contributed by atoms with Crippen LogP contribution in [0.1, 0.15) is 23.0 Å². The third-order valence-electron chi connectivity index (χ3n) is 3.62. The molecule has 0 radical (unpaired) electrons. The van der Waals surface area contributed by atoms with Gasteiger partial charge in [0.25, 0.3) is 0 Å². The number of hydrogen-bond acceptors (Lipinski definition) is 3. The number of esters is 1. The summed E-state index contributed by atoms with van der Waals surface area (Å²) < 4.78 is 7.24. The van der Waals surface area contributed by atoms with Crippen molar-refractivity contribution >= 4 is 27.8 Å². The van der Waals surface area contributed by atoms with Gasteiger partial charge in [-0.15, -0.1) is 0 Å². The van der Waals surface area contributed by atoms with Crippen molar-refractivity contribution in [2.24, 2.45) is 7.05 Å². The van der Waals surface area contributed by atoms with Crippen molar-refractivity contribution in [3.8, 4) is 0 Å². The lowest BCUT2D eigenvalue weighted by Crippen LogP contribution is -2.08. The Labute approximate surface area is 117 Å². The number of carbonyl (C=O) groups is 1. The van der Waals surface area contributed by atoms with E-state index in [1.807, 2.05) is 51.4 Å². The van der Waals surface area contributed by atoms with Gasteiger partial charge in [0.05, 0.1) is 29.6 Å². The van der Waals surface area contributed by atoms with Crippen molar-refractivity contribution in [3.63, 3.8) is 0 Å². The molecule has 0 unspecified atom stereocenters. The molecule has 3 rings (SSSR count). The van der Waals surface area contributed by atoms with Crippen LogP contribution in [-0.4, -0.2) is 22.1 Å². The number of benzene rings is 1. The van der Waals surface area contributed by atoms with Crippen LogP contribution in [0.2, 0.25) is 0 Å². The summed E-state index contributed by atoms with van der Waals surface area (Å²) in [6.45, 7) is 4.01. The largest absolute Gasteiger partial charge is 0.462 e. The molecule has 1 aromatic carbocycles. The van der Waals surface area contributed by atoms with Gasteiger partial charge in [-0.25, -0.2) is 4.79 Å². The average molecular weight is 268 g/mol. The van der Waals surface area contributed by atoms with E-state index in [0.717, 1.165) is 21.8 Å². The molecule has 0 amide bonds. The molecule has 3 aromatic rings. The zero-order valence-electron chi connectivity index (χ0n) is 11.8. The molecule has 0 spiro atoms. The molecule has 0 aliphatic rings. The standard InChI is InChI=1S/C16H16N2O2/c1-4-20-16(19)14-10(2)17-9-13-15(14)11-7-5-6-8-12(11)18(13)3/h5-9H,4H2,1-3H3. The number of ether oxygens (including phenoxy) is 1.